The monoisotopic (exact) mass is 247 g/mol. The van der Waals surface area contributed by atoms with Crippen molar-refractivity contribution in [2.75, 3.05) is 12.4 Å². The molecule has 0 fully saturated rings. The third-order valence-corrected chi connectivity index (χ3v) is 2.68. The Morgan fingerprint density at radius 2 is 2.00 bits per heavy atom. The largest absolute Gasteiger partial charge is 0.372 e. The number of rotatable bonds is 5. The first-order valence-corrected chi connectivity index (χ1v) is 5.99. The molecule has 0 saturated carbocycles. The van der Waals surface area contributed by atoms with E-state index in [1.54, 1.807) is 41.0 Å². The molecule has 2 aromatic heterocycles. The average molecular weight is 247 g/mol. The van der Waals surface area contributed by atoms with Gasteiger partial charge in [-0.1, -0.05) is 6.92 Å². The molecule has 2 aromatic rings. The highest BCUT2D eigenvalue weighted by Gasteiger charge is 2.04. The number of imidazole rings is 1. The predicted octanol–water partition coefficient (Wildman–Crippen LogP) is 0.940. The standard InChI is InChI=1S/C12H17N5O/c1-3-4-16-5-6-17(12(16)18)9-10-7-15-11(13-2)8-14-10/h5-8H,3-4,9H2,1-2H3,(H,13,15). The molecule has 0 radical (unpaired) electrons. The molecule has 0 saturated heterocycles. The van der Waals surface area contributed by atoms with Gasteiger partial charge in [0.2, 0.25) is 0 Å². The minimum Gasteiger partial charge on any atom is -0.372 e. The Morgan fingerprint density at radius 3 is 2.61 bits per heavy atom. The minimum absolute atomic E-state index is 0.00339. The molecule has 0 aliphatic heterocycles. The van der Waals surface area contributed by atoms with Crippen LogP contribution in [-0.2, 0) is 13.1 Å². The number of nitrogens with zero attached hydrogens (tertiary/aromatic N) is 4. The summed E-state index contributed by atoms with van der Waals surface area (Å²) < 4.78 is 3.34. The van der Waals surface area contributed by atoms with E-state index in [1.165, 1.54) is 0 Å². The van der Waals surface area contributed by atoms with E-state index in [0.29, 0.717) is 6.54 Å². The number of aromatic nitrogens is 4. The quantitative estimate of drug-likeness (QED) is 0.854. The normalized spacial score (nSPS) is 10.6. The van der Waals surface area contributed by atoms with Crippen LogP contribution in [0.4, 0.5) is 5.82 Å². The molecule has 0 aliphatic carbocycles. The van der Waals surface area contributed by atoms with Crippen molar-refractivity contribution in [1.82, 2.24) is 19.1 Å². The SMILES string of the molecule is CCCn1ccn(Cc2cnc(NC)cn2)c1=O. The van der Waals surface area contributed by atoms with Crippen LogP contribution in [0, 0.1) is 0 Å². The molecule has 2 heterocycles. The fourth-order valence-corrected chi connectivity index (χ4v) is 1.72. The lowest BCUT2D eigenvalue weighted by atomic mass is 10.4. The van der Waals surface area contributed by atoms with Crippen molar-refractivity contribution in [3.63, 3.8) is 0 Å². The average Bonchev–Trinajstić information content (AvgIpc) is 2.73. The molecule has 1 N–H and O–H groups in total. The molecule has 6 heteroatoms. The molecule has 0 aliphatic rings. The fourth-order valence-electron chi connectivity index (χ4n) is 1.72. The van der Waals surface area contributed by atoms with Gasteiger partial charge in [0.1, 0.15) is 5.82 Å². The smallest absolute Gasteiger partial charge is 0.328 e. The van der Waals surface area contributed by atoms with Crippen molar-refractivity contribution < 1.29 is 0 Å². The van der Waals surface area contributed by atoms with Crippen molar-refractivity contribution in [3.8, 4) is 0 Å². The van der Waals surface area contributed by atoms with Gasteiger partial charge < -0.3 is 5.32 Å². The summed E-state index contributed by atoms with van der Waals surface area (Å²) in [6.07, 6.45) is 7.87. The van der Waals surface area contributed by atoms with E-state index in [4.69, 9.17) is 0 Å². The van der Waals surface area contributed by atoms with E-state index in [9.17, 15) is 4.79 Å². The molecule has 0 atom stereocenters. The summed E-state index contributed by atoms with van der Waals surface area (Å²) in [6, 6.07) is 0. The first kappa shape index (κ1) is 12.3. The van der Waals surface area contributed by atoms with Crippen LogP contribution >= 0.6 is 0 Å². The van der Waals surface area contributed by atoms with Gasteiger partial charge in [-0.05, 0) is 6.42 Å². The first-order valence-electron chi connectivity index (χ1n) is 5.99. The maximum absolute atomic E-state index is 12.0. The Kier molecular flexibility index (Phi) is 3.76. The second kappa shape index (κ2) is 5.48. The second-order valence-electron chi connectivity index (χ2n) is 4.04. The number of hydrogen-bond donors (Lipinski definition) is 1. The Morgan fingerprint density at radius 1 is 1.22 bits per heavy atom. The van der Waals surface area contributed by atoms with Crippen molar-refractivity contribution in [1.29, 1.82) is 0 Å². The van der Waals surface area contributed by atoms with E-state index >= 15 is 0 Å². The molecule has 6 nitrogen and oxygen atoms in total. The van der Waals surface area contributed by atoms with Gasteiger partial charge in [-0.15, -0.1) is 0 Å². The van der Waals surface area contributed by atoms with Crippen molar-refractivity contribution in [2.45, 2.75) is 26.4 Å². The summed E-state index contributed by atoms with van der Waals surface area (Å²) in [7, 11) is 1.79. The predicted molar refractivity (Wildman–Crippen MR) is 69.7 cm³/mol. The number of nitrogens with one attached hydrogen (secondary N) is 1. The van der Waals surface area contributed by atoms with Gasteiger partial charge in [0.15, 0.2) is 0 Å². The summed E-state index contributed by atoms with van der Waals surface area (Å²) in [5.74, 6) is 0.717. The fraction of sp³-hybridized carbons (Fsp3) is 0.417. The maximum Gasteiger partial charge on any atom is 0.328 e. The number of aryl methyl sites for hydroxylation is 1. The van der Waals surface area contributed by atoms with E-state index < -0.39 is 0 Å². The van der Waals surface area contributed by atoms with Crippen LogP contribution in [0.1, 0.15) is 19.0 Å². The Labute approximate surface area is 105 Å². The summed E-state index contributed by atoms with van der Waals surface area (Å²) in [5.41, 5.74) is 0.765. The molecule has 0 aromatic carbocycles. The molecule has 18 heavy (non-hydrogen) atoms. The Balaban J connectivity index is 2.15. The van der Waals surface area contributed by atoms with E-state index in [2.05, 4.69) is 15.3 Å². The van der Waals surface area contributed by atoms with Crippen LogP contribution in [0.2, 0.25) is 0 Å². The van der Waals surface area contributed by atoms with Gasteiger partial charge in [-0.2, -0.15) is 0 Å². The minimum atomic E-state index is -0.00339. The van der Waals surface area contributed by atoms with Gasteiger partial charge in [0.25, 0.3) is 0 Å². The van der Waals surface area contributed by atoms with Crippen molar-refractivity contribution in [3.05, 3.63) is 41.0 Å². The van der Waals surface area contributed by atoms with Crippen LogP contribution in [0.3, 0.4) is 0 Å². The molecule has 96 valence electrons. The van der Waals surface area contributed by atoms with Gasteiger partial charge in [-0.3, -0.25) is 14.1 Å². The van der Waals surface area contributed by atoms with Gasteiger partial charge >= 0.3 is 5.69 Å². The highest BCUT2D eigenvalue weighted by atomic mass is 16.1. The van der Waals surface area contributed by atoms with Gasteiger partial charge in [0.05, 0.1) is 24.6 Å². The zero-order valence-electron chi connectivity index (χ0n) is 10.6. The second-order valence-corrected chi connectivity index (χ2v) is 4.04. The molecule has 0 amide bonds. The number of hydrogen-bond acceptors (Lipinski definition) is 4. The van der Waals surface area contributed by atoms with Crippen LogP contribution in [0.5, 0.6) is 0 Å². The first-order chi connectivity index (χ1) is 8.74. The van der Waals surface area contributed by atoms with Gasteiger partial charge in [0, 0.05) is 26.0 Å². The third-order valence-electron chi connectivity index (χ3n) is 2.68. The summed E-state index contributed by atoms with van der Waals surface area (Å²) in [5, 5.41) is 2.90. The van der Waals surface area contributed by atoms with Crippen LogP contribution in [0.25, 0.3) is 0 Å². The van der Waals surface area contributed by atoms with Crippen LogP contribution < -0.4 is 11.0 Å². The Hall–Kier alpha value is -2.11. The lowest BCUT2D eigenvalue weighted by Crippen LogP contribution is -2.24. The molecular weight excluding hydrogens is 230 g/mol. The highest BCUT2D eigenvalue weighted by Crippen LogP contribution is 2.01. The zero-order chi connectivity index (χ0) is 13.0. The van der Waals surface area contributed by atoms with E-state index in [1.807, 2.05) is 6.92 Å². The van der Waals surface area contributed by atoms with Crippen LogP contribution in [-0.4, -0.2) is 26.1 Å². The molecular formula is C12H17N5O. The lowest BCUT2D eigenvalue weighted by Gasteiger charge is -2.02. The highest BCUT2D eigenvalue weighted by molar-refractivity contribution is 5.29. The zero-order valence-corrected chi connectivity index (χ0v) is 10.6. The summed E-state index contributed by atoms with van der Waals surface area (Å²) in [4.78, 5) is 20.4. The summed E-state index contributed by atoms with van der Waals surface area (Å²) in [6.45, 7) is 3.24. The molecule has 2 rings (SSSR count). The third kappa shape index (κ3) is 2.58. The van der Waals surface area contributed by atoms with Gasteiger partial charge in [-0.25, -0.2) is 9.78 Å². The maximum atomic E-state index is 12.0. The molecule has 0 bridgehead atoms. The van der Waals surface area contributed by atoms with Crippen molar-refractivity contribution >= 4 is 5.82 Å². The molecule has 0 spiro atoms. The number of anilines is 1. The lowest BCUT2D eigenvalue weighted by molar-refractivity contribution is 0.620. The van der Waals surface area contributed by atoms with E-state index in [0.717, 1.165) is 24.5 Å². The summed E-state index contributed by atoms with van der Waals surface area (Å²) >= 11 is 0. The topological polar surface area (TPSA) is 64.7 Å². The van der Waals surface area contributed by atoms with E-state index in [-0.39, 0.29) is 5.69 Å². The molecule has 0 unspecified atom stereocenters. The Bertz CT molecular complexity index is 555. The van der Waals surface area contributed by atoms with Crippen LogP contribution in [0.15, 0.2) is 29.6 Å². The van der Waals surface area contributed by atoms with Crippen molar-refractivity contribution in [2.24, 2.45) is 0 Å².